The molecule has 0 radical (unpaired) electrons. The Morgan fingerprint density at radius 2 is 1.52 bits per heavy atom. The third-order valence-corrected chi connectivity index (χ3v) is 7.15. The van der Waals surface area contributed by atoms with Gasteiger partial charge in [-0.05, 0) is 43.9 Å². The van der Waals surface area contributed by atoms with Gasteiger partial charge in [0, 0.05) is 5.56 Å². The zero-order valence-corrected chi connectivity index (χ0v) is 16.4. The molecule has 0 spiro atoms. The van der Waals surface area contributed by atoms with Crippen molar-refractivity contribution in [2.75, 3.05) is 0 Å². The summed E-state index contributed by atoms with van der Waals surface area (Å²) >= 11 is 0. The summed E-state index contributed by atoms with van der Waals surface area (Å²) in [5, 5.41) is 0. The number of allylic oxidation sites excluding steroid dienone is 2. The van der Waals surface area contributed by atoms with Crippen molar-refractivity contribution in [1.29, 1.82) is 0 Å². The van der Waals surface area contributed by atoms with E-state index in [1.807, 2.05) is 0 Å². The third kappa shape index (κ3) is 2.61. The number of imide groups is 1. The Labute approximate surface area is 168 Å². The average Bonchev–Trinajstić information content (AvgIpc) is 3.51. The molecular weight excluding hydrogens is 370 g/mol. The molecule has 1 aliphatic heterocycles. The van der Waals surface area contributed by atoms with E-state index < -0.39 is 18.1 Å². The Balaban J connectivity index is 1.30. The molecule has 0 N–H and O–H groups in total. The molecule has 6 heteroatoms. The largest absolute Gasteiger partial charge is 0.453 e. The first-order valence-electron chi connectivity index (χ1n) is 10.2. The molecule has 0 unspecified atom stereocenters. The van der Waals surface area contributed by atoms with Crippen LogP contribution < -0.4 is 0 Å². The Kier molecular flexibility index (Phi) is 4.02. The van der Waals surface area contributed by atoms with Crippen LogP contribution in [0.5, 0.6) is 0 Å². The lowest BCUT2D eigenvalue weighted by molar-refractivity contribution is -0.160. The van der Waals surface area contributed by atoms with Crippen LogP contribution >= 0.6 is 0 Å². The lowest BCUT2D eigenvalue weighted by atomic mass is 9.63. The minimum absolute atomic E-state index is 0.109. The van der Waals surface area contributed by atoms with Gasteiger partial charge in [-0.3, -0.25) is 19.3 Å². The normalized spacial score (nSPS) is 35.7. The van der Waals surface area contributed by atoms with Crippen molar-refractivity contribution in [3.05, 3.63) is 48.0 Å². The maximum absolute atomic E-state index is 13.1. The van der Waals surface area contributed by atoms with Gasteiger partial charge in [-0.25, -0.2) is 4.79 Å². The van der Waals surface area contributed by atoms with E-state index in [1.54, 1.807) is 30.3 Å². The highest BCUT2D eigenvalue weighted by atomic mass is 16.5. The molecule has 2 saturated carbocycles. The molecule has 1 aromatic carbocycles. The summed E-state index contributed by atoms with van der Waals surface area (Å²) in [7, 11) is 0. The third-order valence-electron chi connectivity index (χ3n) is 7.15. The maximum atomic E-state index is 13.1. The lowest BCUT2D eigenvalue weighted by Crippen LogP contribution is -2.46. The number of likely N-dealkylation sites (tertiary alicyclic amines) is 1. The standard InChI is InChI=1S/C23H23NO5/c1-11(23(28)29-12(2)20(25)13-6-4-3-5-7-13)24-21(26)18-14-8-9-15(17-10-16(14)17)19(18)22(24)27/h3-9,11-12,14-19H,10H2,1-2H3/t11-,12+,14+,15+,16+,17+,18-,19-/m0/s1. The van der Waals surface area contributed by atoms with Gasteiger partial charge >= 0.3 is 5.97 Å². The lowest BCUT2D eigenvalue weighted by Gasteiger charge is -2.37. The fourth-order valence-electron chi connectivity index (χ4n) is 5.63. The summed E-state index contributed by atoms with van der Waals surface area (Å²) in [6.45, 7) is 3.01. The van der Waals surface area contributed by atoms with Crippen LogP contribution in [0.1, 0.15) is 30.6 Å². The second-order valence-electron chi connectivity index (χ2n) is 8.69. The molecule has 150 valence electrons. The maximum Gasteiger partial charge on any atom is 0.329 e. The number of benzene rings is 1. The van der Waals surface area contributed by atoms with Crippen LogP contribution in [0.15, 0.2) is 42.5 Å². The average molecular weight is 393 g/mol. The molecule has 6 rings (SSSR count). The van der Waals surface area contributed by atoms with Crippen LogP contribution in [0.25, 0.3) is 0 Å². The Morgan fingerprint density at radius 1 is 0.966 bits per heavy atom. The van der Waals surface area contributed by atoms with E-state index in [-0.39, 0.29) is 41.3 Å². The van der Waals surface area contributed by atoms with Crippen LogP contribution in [-0.4, -0.2) is 40.6 Å². The molecule has 1 heterocycles. The van der Waals surface area contributed by atoms with Gasteiger partial charge in [0.15, 0.2) is 6.10 Å². The quantitative estimate of drug-likeness (QED) is 0.332. The van der Waals surface area contributed by atoms with Crippen molar-refractivity contribution in [3.63, 3.8) is 0 Å². The summed E-state index contributed by atoms with van der Waals surface area (Å²) in [6, 6.07) is 7.54. The minimum atomic E-state index is -1.04. The summed E-state index contributed by atoms with van der Waals surface area (Å²) < 4.78 is 5.34. The van der Waals surface area contributed by atoms with Gasteiger partial charge in [-0.1, -0.05) is 42.5 Å². The van der Waals surface area contributed by atoms with Crippen LogP contribution in [0.3, 0.4) is 0 Å². The van der Waals surface area contributed by atoms with Crippen molar-refractivity contribution in [3.8, 4) is 0 Å². The molecule has 4 aliphatic carbocycles. The van der Waals surface area contributed by atoms with E-state index in [1.165, 1.54) is 13.8 Å². The number of hydrogen-bond acceptors (Lipinski definition) is 5. The van der Waals surface area contributed by atoms with Gasteiger partial charge in [0.05, 0.1) is 11.8 Å². The van der Waals surface area contributed by atoms with Gasteiger partial charge in [0.25, 0.3) is 0 Å². The van der Waals surface area contributed by atoms with Gasteiger partial charge in [0.1, 0.15) is 6.04 Å². The Bertz CT molecular complexity index is 902. The first-order valence-corrected chi connectivity index (χ1v) is 10.2. The van der Waals surface area contributed by atoms with Gasteiger partial charge in [0.2, 0.25) is 17.6 Å². The molecule has 8 atom stereocenters. The molecule has 1 aromatic rings. The topological polar surface area (TPSA) is 80.8 Å². The molecule has 2 bridgehead atoms. The number of ketones is 1. The Morgan fingerprint density at radius 3 is 2.07 bits per heavy atom. The second kappa shape index (κ2) is 6.37. The van der Waals surface area contributed by atoms with Crippen molar-refractivity contribution in [1.82, 2.24) is 4.90 Å². The molecule has 3 fully saturated rings. The molecule has 0 aromatic heterocycles. The first-order chi connectivity index (χ1) is 13.9. The summed E-state index contributed by atoms with van der Waals surface area (Å²) in [5.74, 6) is -1.04. The van der Waals surface area contributed by atoms with Crippen LogP contribution in [0.4, 0.5) is 0 Å². The van der Waals surface area contributed by atoms with Gasteiger partial charge < -0.3 is 4.74 Å². The summed E-state index contributed by atoms with van der Waals surface area (Å²) in [5.41, 5.74) is 0.446. The molecular formula is C23H23NO5. The first kappa shape index (κ1) is 18.3. The van der Waals surface area contributed by atoms with E-state index in [4.69, 9.17) is 4.74 Å². The smallest absolute Gasteiger partial charge is 0.329 e. The van der Waals surface area contributed by atoms with E-state index >= 15 is 0 Å². The SMILES string of the molecule is C[C@@H](OC(=O)[C@H](C)N1C(=O)[C@H]2[C@@H]3C=C[C@H]([C@H]4C[C@H]34)[C@@H]2C1=O)C(=O)c1ccccc1. The van der Waals surface area contributed by atoms with E-state index in [9.17, 15) is 19.2 Å². The molecule has 6 nitrogen and oxygen atoms in total. The van der Waals surface area contributed by atoms with Crippen molar-refractivity contribution < 1.29 is 23.9 Å². The highest BCUT2D eigenvalue weighted by molar-refractivity contribution is 6.09. The number of carbonyl (C=O) groups excluding carboxylic acids is 4. The van der Waals surface area contributed by atoms with E-state index in [0.29, 0.717) is 17.4 Å². The molecule has 5 aliphatic rings. The van der Waals surface area contributed by atoms with Gasteiger partial charge in [-0.15, -0.1) is 0 Å². The predicted molar refractivity (Wildman–Crippen MR) is 102 cm³/mol. The zero-order chi connectivity index (χ0) is 20.4. The highest BCUT2D eigenvalue weighted by Crippen LogP contribution is 2.65. The van der Waals surface area contributed by atoms with Crippen molar-refractivity contribution in [2.45, 2.75) is 32.4 Å². The number of carbonyl (C=O) groups is 4. The molecule has 1 saturated heterocycles. The second-order valence-corrected chi connectivity index (χ2v) is 8.69. The Hall–Kier alpha value is -2.76. The van der Waals surface area contributed by atoms with Crippen LogP contribution in [0, 0.1) is 35.5 Å². The summed E-state index contributed by atoms with van der Waals surface area (Å²) in [6.07, 6.45) is 4.29. The highest BCUT2D eigenvalue weighted by Gasteiger charge is 2.67. The summed E-state index contributed by atoms with van der Waals surface area (Å²) in [4.78, 5) is 52.4. The molecule has 2 amide bonds. The zero-order valence-electron chi connectivity index (χ0n) is 16.4. The van der Waals surface area contributed by atoms with Crippen LogP contribution in [-0.2, 0) is 19.1 Å². The monoisotopic (exact) mass is 393 g/mol. The van der Waals surface area contributed by atoms with Crippen molar-refractivity contribution in [2.24, 2.45) is 35.5 Å². The number of esters is 1. The van der Waals surface area contributed by atoms with E-state index in [0.717, 1.165) is 11.3 Å². The number of rotatable bonds is 5. The van der Waals surface area contributed by atoms with Crippen LogP contribution in [0.2, 0.25) is 0 Å². The molecule has 29 heavy (non-hydrogen) atoms. The number of ether oxygens (including phenoxy) is 1. The predicted octanol–water partition coefficient (Wildman–Crippen LogP) is 2.24. The fourth-order valence-corrected chi connectivity index (χ4v) is 5.63. The minimum Gasteiger partial charge on any atom is -0.453 e. The van der Waals surface area contributed by atoms with Gasteiger partial charge in [-0.2, -0.15) is 0 Å². The number of amides is 2. The van der Waals surface area contributed by atoms with E-state index in [2.05, 4.69) is 12.2 Å². The number of Topliss-reactive ketones (excluding diaryl/α,β-unsaturated/α-hetero) is 1. The number of nitrogens with zero attached hydrogens (tertiary/aromatic N) is 1. The number of hydrogen-bond donors (Lipinski definition) is 0. The van der Waals surface area contributed by atoms with Crippen molar-refractivity contribution >= 4 is 23.6 Å². The fraction of sp³-hybridized carbons (Fsp3) is 0.478.